The minimum Gasteiger partial charge on any atom is -0.491 e. The van der Waals surface area contributed by atoms with Crippen molar-refractivity contribution in [2.75, 3.05) is 11.9 Å². The number of ether oxygens (including phenoxy) is 1. The molecule has 26 heavy (non-hydrogen) atoms. The summed E-state index contributed by atoms with van der Waals surface area (Å²) in [6.45, 7) is 7.23. The van der Waals surface area contributed by atoms with E-state index in [0.29, 0.717) is 11.4 Å². The summed E-state index contributed by atoms with van der Waals surface area (Å²) in [6, 6.07) is 11.8. The van der Waals surface area contributed by atoms with Gasteiger partial charge in [-0.1, -0.05) is 12.1 Å². The van der Waals surface area contributed by atoms with Gasteiger partial charge in [-0.05, 0) is 69.2 Å². The summed E-state index contributed by atoms with van der Waals surface area (Å²) in [6.07, 6.45) is 0.00404. The van der Waals surface area contributed by atoms with Crippen molar-refractivity contribution in [2.24, 2.45) is 0 Å². The number of hydrogen-bond donors (Lipinski definition) is 2. The molecule has 0 fully saturated rings. The van der Waals surface area contributed by atoms with E-state index in [-0.39, 0.29) is 17.5 Å². The summed E-state index contributed by atoms with van der Waals surface area (Å²) < 4.78 is 32.4. The van der Waals surface area contributed by atoms with Crippen LogP contribution in [0, 0.1) is 13.8 Å². The average Bonchev–Trinajstić information content (AvgIpc) is 2.56. The number of rotatable bonds is 7. The first-order valence-corrected chi connectivity index (χ1v) is 9.79. The molecule has 0 saturated heterocycles. The third kappa shape index (κ3) is 5.57. The lowest BCUT2D eigenvalue weighted by Gasteiger charge is -2.12. The molecule has 0 aliphatic carbocycles. The molecule has 0 aliphatic heterocycles. The van der Waals surface area contributed by atoms with Gasteiger partial charge in [-0.15, -0.1) is 0 Å². The summed E-state index contributed by atoms with van der Waals surface area (Å²) in [5.74, 6) is 0.161. The van der Waals surface area contributed by atoms with Crippen molar-refractivity contribution in [1.29, 1.82) is 0 Å². The van der Waals surface area contributed by atoms with E-state index in [1.54, 1.807) is 12.1 Å². The number of sulfonamides is 1. The predicted molar refractivity (Wildman–Crippen MR) is 102 cm³/mol. The molecule has 0 bridgehead atoms. The molecule has 2 rings (SSSR count). The first kappa shape index (κ1) is 19.9. The van der Waals surface area contributed by atoms with Gasteiger partial charge in [0.15, 0.2) is 0 Å². The van der Waals surface area contributed by atoms with Crippen LogP contribution in [0.1, 0.15) is 25.0 Å². The Labute approximate surface area is 154 Å². The molecule has 0 radical (unpaired) electrons. The Morgan fingerprint density at radius 2 is 1.73 bits per heavy atom. The SMILES string of the molecule is Cc1ccc(C)c(NC(=O)CNS(=O)(=O)c2ccc(OC(C)C)cc2)c1. The van der Waals surface area contributed by atoms with Gasteiger partial charge in [-0.25, -0.2) is 13.1 Å². The normalized spacial score (nSPS) is 11.4. The highest BCUT2D eigenvalue weighted by atomic mass is 32.2. The number of hydrogen-bond acceptors (Lipinski definition) is 4. The van der Waals surface area contributed by atoms with Gasteiger partial charge in [0, 0.05) is 5.69 Å². The zero-order valence-electron chi connectivity index (χ0n) is 15.4. The fraction of sp³-hybridized carbons (Fsp3) is 0.316. The lowest BCUT2D eigenvalue weighted by molar-refractivity contribution is -0.115. The van der Waals surface area contributed by atoms with Gasteiger partial charge < -0.3 is 10.1 Å². The number of anilines is 1. The second-order valence-electron chi connectivity index (χ2n) is 6.33. The topological polar surface area (TPSA) is 84.5 Å². The minimum atomic E-state index is -3.78. The van der Waals surface area contributed by atoms with Crippen LogP contribution >= 0.6 is 0 Å². The summed E-state index contributed by atoms with van der Waals surface area (Å²) in [5.41, 5.74) is 2.59. The van der Waals surface area contributed by atoms with Crippen molar-refractivity contribution in [3.63, 3.8) is 0 Å². The lowest BCUT2D eigenvalue weighted by atomic mass is 10.1. The van der Waals surface area contributed by atoms with E-state index in [1.165, 1.54) is 12.1 Å². The van der Waals surface area contributed by atoms with E-state index in [2.05, 4.69) is 10.0 Å². The fourth-order valence-electron chi connectivity index (χ4n) is 2.28. The molecule has 7 heteroatoms. The molecule has 0 atom stereocenters. The van der Waals surface area contributed by atoms with Crippen molar-refractivity contribution in [3.8, 4) is 5.75 Å². The van der Waals surface area contributed by atoms with Gasteiger partial charge in [-0.3, -0.25) is 4.79 Å². The first-order valence-electron chi connectivity index (χ1n) is 8.31. The van der Waals surface area contributed by atoms with Crippen molar-refractivity contribution < 1.29 is 17.9 Å². The number of nitrogens with one attached hydrogen (secondary N) is 2. The van der Waals surface area contributed by atoms with Crippen LogP contribution in [0.4, 0.5) is 5.69 Å². The quantitative estimate of drug-likeness (QED) is 0.778. The van der Waals surface area contributed by atoms with Gasteiger partial charge >= 0.3 is 0 Å². The predicted octanol–water partition coefficient (Wildman–Crippen LogP) is 3.01. The molecule has 0 aliphatic rings. The molecule has 2 aromatic rings. The van der Waals surface area contributed by atoms with Crippen LogP contribution in [0.2, 0.25) is 0 Å². The van der Waals surface area contributed by atoms with E-state index in [9.17, 15) is 13.2 Å². The Morgan fingerprint density at radius 1 is 1.08 bits per heavy atom. The number of carbonyl (C=O) groups excluding carboxylic acids is 1. The van der Waals surface area contributed by atoms with Gasteiger partial charge in [0.05, 0.1) is 17.5 Å². The van der Waals surface area contributed by atoms with Crippen LogP contribution in [0.25, 0.3) is 0 Å². The molecule has 0 aromatic heterocycles. The second-order valence-corrected chi connectivity index (χ2v) is 8.10. The average molecular weight is 376 g/mol. The van der Waals surface area contributed by atoms with Gasteiger partial charge in [0.2, 0.25) is 15.9 Å². The molecule has 2 aromatic carbocycles. The molecule has 0 saturated carbocycles. The highest BCUT2D eigenvalue weighted by Crippen LogP contribution is 2.18. The zero-order chi connectivity index (χ0) is 19.3. The van der Waals surface area contributed by atoms with Gasteiger partial charge in [-0.2, -0.15) is 0 Å². The van der Waals surface area contributed by atoms with E-state index >= 15 is 0 Å². The fourth-order valence-corrected chi connectivity index (χ4v) is 3.26. The van der Waals surface area contributed by atoms with Crippen LogP contribution in [-0.2, 0) is 14.8 Å². The smallest absolute Gasteiger partial charge is 0.241 e. The van der Waals surface area contributed by atoms with Crippen LogP contribution in [0.3, 0.4) is 0 Å². The molecular formula is C19H24N2O4S. The molecule has 0 heterocycles. The summed E-state index contributed by atoms with van der Waals surface area (Å²) in [7, 11) is -3.78. The Bertz CT molecular complexity index is 875. The van der Waals surface area contributed by atoms with Crippen molar-refractivity contribution >= 4 is 21.6 Å². The Hall–Kier alpha value is -2.38. The maximum atomic E-state index is 12.3. The first-order chi connectivity index (χ1) is 12.2. The Kier molecular flexibility index (Phi) is 6.39. The van der Waals surface area contributed by atoms with E-state index in [4.69, 9.17) is 4.74 Å². The molecule has 2 N–H and O–H groups in total. The maximum absolute atomic E-state index is 12.3. The number of carbonyl (C=O) groups is 1. The highest BCUT2D eigenvalue weighted by Gasteiger charge is 2.16. The summed E-state index contributed by atoms with van der Waals surface area (Å²) in [5, 5.41) is 2.72. The van der Waals surface area contributed by atoms with Crippen LogP contribution < -0.4 is 14.8 Å². The number of aryl methyl sites for hydroxylation is 2. The molecular weight excluding hydrogens is 352 g/mol. The van der Waals surface area contributed by atoms with Crippen LogP contribution in [0.5, 0.6) is 5.75 Å². The molecule has 0 spiro atoms. The number of amides is 1. The largest absolute Gasteiger partial charge is 0.491 e. The van der Waals surface area contributed by atoms with Crippen LogP contribution in [0.15, 0.2) is 47.4 Å². The van der Waals surface area contributed by atoms with Crippen molar-refractivity contribution in [2.45, 2.75) is 38.7 Å². The third-order valence-electron chi connectivity index (χ3n) is 3.60. The Morgan fingerprint density at radius 3 is 2.35 bits per heavy atom. The Balaban J connectivity index is 1.98. The van der Waals surface area contributed by atoms with Crippen molar-refractivity contribution in [1.82, 2.24) is 4.72 Å². The standard InChI is InChI=1S/C19H24N2O4S/c1-13(2)25-16-7-9-17(10-8-16)26(23,24)20-12-19(22)21-18-11-14(3)5-6-15(18)4/h5-11,13,20H,12H2,1-4H3,(H,21,22). The summed E-state index contributed by atoms with van der Waals surface area (Å²) >= 11 is 0. The zero-order valence-corrected chi connectivity index (χ0v) is 16.2. The molecule has 6 nitrogen and oxygen atoms in total. The monoisotopic (exact) mass is 376 g/mol. The molecule has 0 unspecified atom stereocenters. The number of benzene rings is 2. The summed E-state index contributed by atoms with van der Waals surface area (Å²) in [4.78, 5) is 12.1. The van der Waals surface area contributed by atoms with E-state index in [0.717, 1.165) is 11.1 Å². The second kappa shape index (κ2) is 8.33. The van der Waals surface area contributed by atoms with E-state index < -0.39 is 15.9 Å². The van der Waals surface area contributed by atoms with Gasteiger partial charge in [0.1, 0.15) is 5.75 Å². The molecule has 140 valence electrons. The lowest BCUT2D eigenvalue weighted by Crippen LogP contribution is -2.33. The van der Waals surface area contributed by atoms with Crippen LogP contribution in [-0.4, -0.2) is 27.0 Å². The highest BCUT2D eigenvalue weighted by molar-refractivity contribution is 7.89. The minimum absolute atomic E-state index is 0.00404. The maximum Gasteiger partial charge on any atom is 0.241 e. The van der Waals surface area contributed by atoms with Gasteiger partial charge in [0.25, 0.3) is 0 Å². The van der Waals surface area contributed by atoms with Crippen molar-refractivity contribution in [3.05, 3.63) is 53.6 Å². The third-order valence-corrected chi connectivity index (χ3v) is 5.01. The van der Waals surface area contributed by atoms with E-state index in [1.807, 2.05) is 45.9 Å². The molecule has 1 amide bonds.